The minimum Gasteiger partial charge on any atom is -0.397 e. The van der Waals surface area contributed by atoms with Gasteiger partial charge in [0.05, 0.1) is 11.4 Å². The molecule has 0 bridgehead atoms. The molecule has 1 saturated carbocycles. The molecule has 116 valence electrons. The van der Waals surface area contributed by atoms with E-state index in [1.165, 1.54) is 19.3 Å². The summed E-state index contributed by atoms with van der Waals surface area (Å²) in [6.45, 7) is 5.04. The molecule has 0 saturated heterocycles. The third kappa shape index (κ3) is 4.90. The van der Waals surface area contributed by atoms with Crippen LogP contribution in [0, 0.1) is 5.92 Å². The number of halogens is 1. The van der Waals surface area contributed by atoms with Crippen molar-refractivity contribution in [3.63, 3.8) is 0 Å². The Hall–Kier alpha value is -1.26. The third-order valence-electron chi connectivity index (χ3n) is 4.13. The van der Waals surface area contributed by atoms with E-state index < -0.39 is 0 Å². The Kier molecular flexibility index (Phi) is 5.88. The summed E-state index contributed by atoms with van der Waals surface area (Å²) in [5, 5.41) is 3.41. The number of benzene rings is 1. The quantitative estimate of drug-likeness (QED) is 0.759. The molecule has 1 aliphatic rings. The Morgan fingerprint density at radius 2 is 2.24 bits per heavy atom. The summed E-state index contributed by atoms with van der Waals surface area (Å²) in [5.74, 6) is 0.813. The zero-order valence-electron chi connectivity index (χ0n) is 12.6. The fourth-order valence-electron chi connectivity index (χ4n) is 2.53. The zero-order valence-corrected chi connectivity index (χ0v) is 13.3. The Morgan fingerprint density at radius 1 is 1.48 bits per heavy atom. The predicted octanol–water partition coefficient (Wildman–Crippen LogP) is 3.37. The number of rotatable bonds is 7. The van der Waals surface area contributed by atoms with Crippen LogP contribution < -0.4 is 11.1 Å². The van der Waals surface area contributed by atoms with E-state index in [2.05, 4.69) is 17.1 Å². The molecule has 0 spiro atoms. The summed E-state index contributed by atoms with van der Waals surface area (Å²) < 4.78 is 0. The van der Waals surface area contributed by atoms with Gasteiger partial charge < -0.3 is 16.0 Å². The first kappa shape index (κ1) is 16.1. The highest BCUT2D eigenvalue weighted by atomic mass is 35.5. The van der Waals surface area contributed by atoms with Crippen LogP contribution in [0.3, 0.4) is 0 Å². The molecule has 21 heavy (non-hydrogen) atoms. The standard InChI is InChI=1S/C16H24ClN3O/c1-2-20(11-12-4-3-5-12)9-8-16(21)19-15-10-13(17)6-7-14(15)18/h6-7,10,12H,2-5,8-9,11,18H2,1H3,(H,19,21). The normalized spacial score (nSPS) is 15.0. The minimum atomic E-state index is -0.0176. The number of hydrogen-bond donors (Lipinski definition) is 2. The summed E-state index contributed by atoms with van der Waals surface area (Å²) in [7, 11) is 0. The second-order valence-electron chi connectivity index (χ2n) is 5.72. The largest absolute Gasteiger partial charge is 0.397 e. The predicted molar refractivity (Wildman–Crippen MR) is 88.6 cm³/mol. The highest BCUT2D eigenvalue weighted by Gasteiger charge is 2.20. The Bertz CT molecular complexity index is 488. The van der Waals surface area contributed by atoms with Gasteiger partial charge in [0, 0.05) is 24.5 Å². The molecule has 5 heteroatoms. The van der Waals surface area contributed by atoms with Crippen LogP contribution in [0.15, 0.2) is 18.2 Å². The highest BCUT2D eigenvalue weighted by Crippen LogP contribution is 2.27. The Balaban J connectivity index is 1.79. The van der Waals surface area contributed by atoms with Crippen LogP contribution in [0.4, 0.5) is 11.4 Å². The van der Waals surface area contributed by atoms with Gasteiger partial charge in [-0.05, 0) is 43.5 Å². The van der Waals surface area contributed by atoms with E-state index in [9.17, 15) is 4.79 Å². The van der Waals surface area contributed by atoms with Crippen molar-refractivity contribution in [2.24, 2.45) is 5.92 Å². The van der Waals surface area contributed by atoms with Gasteiger partial charge >= 0.3 is 0 Å². The molecule has 0 atom stereocenters. The van der Waals surface area contributed by atoms with Gasteiger partial charge in [-0.3, -0.25) is 4.79 Å². The monoisotopic (exact) mass is 309 g/mol. The number of nitrogen functional groups attached to an aromatic ring is 1. The van der Waals surface area contributed by atoms with Crippen LogP contribution in [-0.4, -0.2) is 30.4 Å². The summed E-state index contributed by atoms with van der Waals surface area (Å²) in [6.07, 6.45) is 4.51. The summed E-state index contributed by atoms with van der Waals surface area (Å²) >= 11 is 5.91. The molecule has 3 N–H and O–H groups in total. The van der Waals surface area contributed by atoms with Crippen molar-refractivity contribution in [1.82, 2.24) is 4.90 Å². The van der Waals surface area contributed by atoms with E-state index >= 15 is 0 Å². The first-order valence-electron chi connectivity index (χ1n) is 7.65. The number of nitrogens with one attached hydrogen (secondary N) is 1. The van der Waals surface area contributed by atoms with Gasteiger partial charge in [-0.2, -0.15) is 0 Å². The molecule has 1 amide bonds. The van der Waals surface area contributed by atoms with E-state index in [1.807, 2.05) is 0 Å². The molecule has 1 fully saturated rings. The fourth-order valence-corrected chi connectivity index (χ4v) is 2.70. The zero-order chi connectivity index (χ0) is 15.2. The summed E-state index contributed by atoms with van der Waals surface area (Å²) in [4.78, 5) is 14.4. The van der Waals surface area contributed by atoms with E-state index in [-0.39, 0.29) is 5.91 Å². The first-order valence-corrected chi connectivity index (χ1v) is 8.03. The van der Waals surface area contributed by atoms with Crippen molar-refractivity contribution in [3.8, 4) is 0 Å². The molecule has 0 unspecified atom stereocenters. The molecule has 1 aliphatic carbocycles. The third-order valence-corrected chi connectivity index (χ3v) is 4.37. The lowest BCUT2D eigenvalue weighted by Crippen LogP contribution is -2.34. The van der Waals surface area contributed by atoms with Gasteiger partial charge in [-0.15, -0.1) is 0 Å². The number of nitrogens with zero attached hydrogens (tertiary/aromatic N) is 1. The van der Waals surface area contributed by atoms with Crippen LogP contribution in [0.25, 0.3) is 0 Å². The Labute approximate surface area is 131 Å². The van der Waals surface area contributed by atoms with Crippen molar-refractivity contribution in [2.75, 3.05) is 30.7 Å². The van der Waals surface area contributed by atoms with E-state index in [0.717, 1.165) is 25.6 Å². The number of hydrogen-bond acceptors (Lipinski definition) is 3. The average molecular weight is 310 g/mol. The topological polar surface area (TPSA) is 58.4 Å². The second-order valence-corrected chi connectivity index (χ2v) is 6.16. The van der Waals surface area contributed by atoms with Gasteiger partial charge in [-0.1, -0.05) is 24.9 Å². The maximum Gasteiger partial charge on any atom is 0.225 e. The average Bonchev–Trinajstić information content (AvgIpc) is 2.41. The maximum atomic E-state index is 12.0. The lowest BCUT2D eigenvalue weighted by molar-refractivity contribution is -0.116. The molecule has 0 aromatic heterocycles. The van der Waals surface area contributed by atoms with Crippen LogP contribution in [0.1, 0.15) is 32.6 Å². The lowest BCUT2D eigenvalue weighted by Gasteiger charge is -2.31. The van der Waals surface area contributed by atoms with Crippen molar-refractivity contribution in [2.45, 2.75) is 32.6 Å². The molecule has 1 aromatic carbocycles. The van der Waals surface area contributed by atoms with Crippen molar-refractivity contribution >= 4 is 28.9 Å². The molecule has 1 aromatic rings. The maximum absolute atomic E-state index is 12.0. The van der Waals surface area contributed by atoms with Gasteiger partial charge in [-0.25, -0.2) is 0 Å². The fraction of sp³-hybridized carbons (Fsp3) is 0.562. The molecule has 2 rings (SSSR count). The van der Waals surface area contributed by atoms with Crippen LogP contribution >= 0.6 is 11.6 Å². The van der Waals surface area contributed by atoms with Crippen LogP contribution in [0.5, 0.6) is 0 Å². The number of amides is 1. The van der Waals surface area contributed by atoms with Gasteiger partial charge in [0.2, 0.25) is 5.91 Å². The highest BCUT2D eigenvalue weighted by molar-refractivity contribution is 6.31. The van der Waals surface area contributed by atoms with E-state index in [1.54, 1.807) is 18.2 Å². The second kappa shape index (κ2) is 7.66. The molecule has 0 aliphatic heterocycles. The molecular formula is C16H24ClN3O. The number of anilines is 2. The number of nitrogens with two attached hydrogens (primary N) is 1. The summed E-state index contributed by atoms with van der Waals surface area (Å²) in [5.41, 5.74) is 6.96. The van der Waals surface area contributed by atoms with E-state index in [0.29, 0.717) is 22.8 Å². The summed E-state index contributed by atoms with van der Waals surface area (Å²) in [6, 6.07) is 5.09. The minimum absolute atomic E-state index is 0.0176. The molecule has 0 heterocycles. The van der Waals surface area contributed by atoms with E-state index in [4.69, 9.17) is 17.3 Å². The first-order chi connectivity index (χ1) is 10.1. The Morgan fingerprint density at radius 3 is 2.86 bits per heavy atom. The smallest absolute Gasteiger partial charge is 0.225 e. The van der Waals surface area contributed by atoms with Crippen molar-refractivity contribution in [3.05, 3.63) is 23.2 Å². The SMILES string of the molecule is CCN(CCC(=O)Nc1cc(Cl)ccc1N)CC1CCC1. The molecule has 0 radical (unpaired) electrons. The van der Waals surface area contributed by atoms with Crippen LogP contribution in [-0.2, 0) is 4.79 Å². The van der Waals surface area contributed by atoms with Crippen molar-refractivity contribution in [1.29, 1.82) is 0 Å². The molecular weight excluding hydrogens is 286 g/mol. The van der Waals surface area contributed by atoms with Crippen LogP contribution in [0.2, 0.25) is 5.02 Å². The van der Waals surface area contributed by atoms with Crippen molar-refractivity contribution < 1.29 is 4.79 Å². The van der Waals surface area contributed by atoms with Gasteiger partial charge in [0.25, 0.3) is 0 Å². The number of carbonyl (C=O) groups is 1. The number of carbonyl (C=O) groups excluding carboxylic acids is 1. The van der Waals surface area contributed by atoms with Gasteiger partial charge in [0.15, 0.2) is 0 Å². The lowest BCUT2D eigenvalue weighted by atomic mass is 9.85. The molecule has 4 nitrogen and oxygen atoms in total. The van der Waals surface area contributed by atoms with Gasteiger partial charge in [0.1, 0.15) is 0 Å².